The van der Waals surface area contributed by atoms with Gasteiger partial charge in [0.05, 0.1) is 7.11 Å². The van der Waals surface area contributed by atoms with Gasteiger partial charge in [0.15, 0.2) is 11.5 Å². The highest BCUT2D eigenvalue weighted by atomic mass is 16.7. The molecule has 3 aliphatic heterocycles. The highest BCUT2D eigenvalue weighted by Crippen LogP contribution is 2.45. The maximum atomic E-state index is 5.65. The summed E-state index contributed by atoms with van der Waals surface area (Å²) in [6.45, 7) is 2.35. The molecule has 1 N–H and O–H groups in total. The van der Waals surface area contributed by atoms with E-state index in [1.165, 1.54) is 33.3 Å². The SMILES string of the molecule is COc1cccc2[nH]c3c(c12)C[C@@H]1c2cc4c(cc2CCN1C3)OCO4. The molecular formula is C21H20N2O3. The Balaban J connectivity index is 1.50. The highest BCUT2D eigenvalue weighted by molar-refractivity contribution is 5.91. The molecule has 0 unspecified atom stereocenters. The summed E-state index contributed by atoms with van der Waals surface area (Å²) in [5.41, 5.74) is 6.66. The standard InChI is InChI=1S/C21H20N2O3/c1-24-18-4-2-3-15-21(18)14-8-17-13-9-20-19(25-11-26-20)7-12(13)5-6-23(17)10-16(14)22-15/h2-4,7,9,17,22H,5-6,8,10-11H2,1H3/t17-/m1/s1. The lowest BCUT2D eigenvalue weighted by Gasteiger charge is -2.40. The Morgan fingerprint density at radius 2 is 2.08 bits per heavy atom. The third-order valence-corrected chi connectivity index (χ3v) is 6.06. The van der Waals surface area contributed by atoms with Crippen molar-refractivity contribution >= 4 is 10.9 Å². The van der Waals surface area contributed by atoms with Crippen LogP contribution in [0.1, 0.15) is 28.4 Å². The molecule has 0 bridgehead atoms. The number of ether oxygens (including phenoxy) is 3. The first-order valence-electron chi connectivity index (χ1n) is 9.14. The van der Waals surface area contributed by atoms with Crippen LogP contribution in [0.4, 0.5) is 0 Å². The Bertz CT molecular complexity index is 1040. The summed E-state index contributed by atoms with van der Waals surface area (Å²) in [6.07, 6.45) is 2.05. The number of nitrogens with one attached hydrogen (secondary N) is 1. The van der Waals surface area contributed by atoms with Crippen molar-refractivity contribution in [3.8, 4) is 17.2 Å². The number of aromatic nitrogens is 1. The molecular weight excluding hydrogens is 328 g/mol. The fourth-order valence-electron chi connectivity index (χ4n) is 4.83. The Labute approximate surface area is 151 Å². The maximum absolute atomic E-state index is 5.65. The Hall–Kier alpha value is -2.66. The summed E-state index contributed by atoms with van der Waals surface area (Å²) in [6, 6.07) is 11.0. The van der Waals surface area contributed by atoms with Gasteiger partial charge in [-0.15, -0.1) is 0 Å². The molecule has 0 radical (unpaired) electrons. The van der Waals surface area contributed by atoms with Crippen LogP contribution in [0.5, 0.6) is 17.2 Å². The molecule has 5 nitrogen and oxygen atoms in total. The zero-order valence-corrected chi connectivity index (χ0v) is 14.7. The number of rotatable bonds is 1. The smallest absolute Gasteiger partial charge is 0.231 e. The van der Waals surface area contributed by atoms with Gasteiger partial charge in [-0.3, -0.25) is 4.90 Å². The molecule has 0 spiro atoms. The van der Waals surface area contributed by atoms with Gasteiger partial charge in [0.1, 0.15) is 5.75 Å². The third kappa shape index (κ3) is 1.89. The minimum absolute atomic E-state index is 0.330. The molecule has 0 saturated heterocycles. The third-order valence-electron chi connectivity index (χ3n) is 6.06. The fourth-order valence-corrected chi connectivity index (χ4v) is 4.83. The lowest BCUT2D eigenvalue weighted by atomic mass is 9.85. The molecule has 3 aliphatic rings. The monoisotopic (exact) mass is 348 g/mol. The van der Waals surface area contributed by atoms with Crippen molar-refractivity contribution in [1.29, 1.82) is 0 Å². The van der Waals surface area contributed by atoms with Crippen LogP contribution in [-0.2, 0) is 19.4 Å². The highest BCUT2D eigenvalue weighted by Gasteiger charge is 2.35. The second-order valence-corrected chi connectivity index (χ2v) is 7.31. The molecule has 2 aromatic carbocycles. The minimum atomic E-state index is 0.330. The predicted molar refractivity (Wildman–Crippen MR) is 98.0 cm³/mol. The van der Waals surface area contributed by atoms with Crippen molar-refractivity contribution in [2.45, 2.75) is 25.4 Å². The largest absolute Gasteiger partial charge is 0.496 e. The van der Waals surface area contributed by atoms with E-state index < -0.39 is 0 Å². The molecule has 1 atom stereocenters. The number of H-pyrrole nitrogens is 1. The number of fused-ring (bicyclic) bond motifs is 7. The van der Waals surface area contributed by atoms with Crippen LogP contribution in [0.3, 0.4) is 0 Å². The first kappa shape index (κ1) is 14.5. The van der Waals surface area contributed by atoms with Gasteiger partial charge in [0.2, 0.25) is 6.79 Å². The van der Waals surface area contributed by atoms with E-state index in [0.717, 1.165) is 43.2 Å². The first-order chi connectivity index (χ1) is 12.8. The molecule has 6 rings (SSSR count). The number of benzene rings is 2. The summed E-state index contributed by atoms with van der Waals surface area (Å²) < 4.78 is 16.9. The second-order valence-electron chi connectivity index (χ2n) is 7.31. The molecule has 0 amide bonds. The average molecular weight is 348 g/mol. The average Bonchev–Trinajstić information content (AvgIpc) is 3.27. The van der Waals surface area contributed by atoms with Crippen LogP contribution < -0.4 is 14.2 Å². The minimum Gasteiger partial charge on any atom is -0.496 e. The van der Waals surface area contributed by atoms with E-state index in [2.05, 4.69) is 34.1 Å². The van der Waals surface area contributed by atoms with E-state index in [-0.39, 0.29) is 0 Å². The summed E-state index contributed by atoms with van der Waals surface area (Å²) >= 11 is 0. The summed E-state index contributed by atoms with van der Waals surface area (Å²) in [5, 5.41) is 1.23. The van der Waals surface area contributed by atoms with Gasteiger partial charge >= 0.3 is 0 Å². The van der Waals surface area contributed by atoms with Crippen molar-refractivity contribution in [2.24, 2.45) is 0 Å². The molecule has 26 heavy (non-hydrogen) atoms. The fraction of sp³-hybridized carbons (Fsp3) is 0.333. The van der Waals surface area contributed by atoms with E-state index in [0.29, 0.717) is 12.8 Å². The maximum Gasteiger partial charge on any atom is 0.231 e. The van der Waals surface area contributed by atoms with Crippen molar-refractivity contribution in [3.63, 3.8) is 0 Å². The quantitative estimate of drug-likeness (QED) is 0.730. The van der Waals surface area contributed by atoms with Crippen molar-refractivity contribution < 1.29 is 14.2 Å². The van der Waals surface area contributed by atoms with Gasteiger partial charge in [0, 0.05) is 35.7 Å². The summed E-state index contributed by atoms with van der Waals surface area (Å²) in [5.74, 6) is 2.73. The zero-order chi connectivity index (χ0) is 17.3. The number of nitrogens with zero attached hydrogens (tertiary/aromatic N) is 1. The van der Waals surface area contributed by atoms with Crippen LogP contribution >= 0.6 is 0 Å². The van der Waals surface area contributed by atoms with Crippen LogP contribution in [0.15, 0.2) is 30.3 Å². The Kier molecular flexibility index (Phi) is 2.89. The number of methoxy groups -OCH3 is 1. The summed E-state index contributed by atoms with van der Waals surface area (Å²) in [4.78, 5) is 6.20. The predicted octanol–water partition coefficient (Wildman–Crippen LogP) is 3.56. The first-order valence-corrected chi connectivity index (χ1v) is 9.14. The zero-order valence-electron chi connectivity index (χ0n) is 14.7. The van der Waals surface area contributed by atoms with E-state index >= 15 is 0 Å². The van der Waals surface area contributed by atoms with Crippen LogP contribution in [-0.4, -0.2) is 30.3 Å². The summed E-state index contributed by atoms with van der Waals surface area (Å²) in [7, 11) is 1.75. The van der Waals surface area contributed by atoms with E-state index in [9.17, 15) is 0 Å². The molecule has 1 aromatic heterocycles. The molecule has 0 fully saturated rings. The lowest BCUT2D eigenvalue weighted by molar-refractivity contribution is 0.159. The van der Waals surface area contributed by atoms with Gasteiger partial charge in [-0.25, -0.2) is 0 Å². The van der Waals surface area contributed by atoms with Gasteiger partial charge in [0.25, 0.3) is 0 Å². The van der Waals surface area contributed by atoms with Crippen molar-refractivity contribution in [3.05, 3.63) is 52.7 Å². The Morgan fingerprint density at radius 1 is 1.19 bits per heavy atom. The van der Waals surface area contributed by atoms with Crippen molar-refractivity contribution in [1.82, 2.24) is 9.88 Å². The number of hydrogen-bond donors (Lipinski definition) is 1. The molecule has 0 aliphatic carbocycles. The molecule has 132 valence electrons. The van der Waals surface area contributed by atoms with E-state index in [1.807, 2.05) is 6.07 Å². The van der Waals surface area contributed by atoms with Gasteiger partial charge in [-0.1, -0.05) is 6.07 Å². The van der Waals surface area contributed by atoms with Gasteiger partial charge < -0.3 is 19.2 Å². The molecule has 4 heterocycles. The normalized spacial score (nSPS) is 20.6. The van der Waals surface area contributed by atoms with E-state index in [1.54, 1.807) is 7.11 Å². The molecule has 5 heteroatoms. The van der Waals surface area contributed by atoms with Crippen LogP contribution in [0.25, 0.3) is 10.9 Å². The molecule has 0 saturated carbocycles. The van der Waals surface area contributed by atoms with Gasteiger partial charge in [-0.2, -0.15) is 0 Å². The van der Waals surface area contributed by atoms with Crippen LogP contribution in [0, 0.1) is 0 Å². The number of aromatic amines is 1. The lowest BCUT2D eigenvalue weighted by Crippen LogP contribution is -2.39. The molecule has 3 aromatic rings. The number of hydrogen-bond acceptors (Lipinski definition) is 4. The Morgan fingerprint density at radius 3 is 2.96 bits per heavy atom. The van der Waals surface area contributed by atoms with Crippen LogP contribution in [0.2, 0.25) is 0 Å². The topological polar surface area (TPSA) is 46.7 Å². The second kappa shape index (κ2) is 5.17. The van der Waals surface area contributed by atoms with Gasteiger partial charge in [-0.05, 0) is 53.8 Å². The van der Waals surface area contributed by atoms with Crippen molar-refractivity contribution in [2.75, 3.05) is 20.4 Å². The van der Waals surface area contributed by atoms with E-state index in [4.69, 9.17) is 14.2 Å².